The molecular weight excluding hydrogens is 236 g/mol. The monoisotopic (exact) mass is 252 g/mol. The van der Waals surface area contributed by atoms with Gasteiger partial charge in [-0.1, -0.05) is 11.6 Å². The number of aromatic nitrogens is 2. The van der Waals surface area contributed by atoms with Gasteiger partial charge in [0.1, 0.15) is 5.15 Å². The van der Waals surface area contributed by atoms with E-state index in [2.05, 4.69) is 16.1 Å². The lowest BCUT2D eigenvalue weighted by atomic mass is 9.98. The third-order valence-electron chi connectivity index (χ3n) is 3.42. The Balaban J connectivity index is 2.00. The van der Waals surface area contributed by atoms with Crippen LogP contribution in [-0.4, -0.2) is 27.8 Å². The molecule has 1 aliphatic rings. The molecule has 0 radical (unpaired) electrons. The van der Waals surface area contributed by atoms with Crippen LogP contribution in [0.3, 0.4) is 0 Å². The van der Waals surface area contributed by atoms with Gasteiger partial charge in [0, 0.05) is 25.1 Å². The molecule has 1 aromatic heterocycles. The summed E-state index contributed by atoms with van der Waals surface area (Å²) in [4.78, 5) is 2.35. The van der Waals surface area contributed by atoms with Gasteiger partial charge in [-0.15, -0.1) is 0 Å². The van der Waals surface area contributed by atoms with E-state index in [0.29, 0.717) is 0 Å². The summed E-state index contributed by atoms with van der Waals surface area (Å²) < 4.78 is 1.72. The molecule has 4 nitrogen and oxygen atoms in total. The zero-order valence-electron chi connectivity index (χ0n) is 10.3. The second kappa shape index (κ2) is 5.07. The molecule has 2 rings (SSSR count). The van der Waals surface area contributed by atoms with E-state index in [1.807, 2.05) is 14.0 Å². The van der Waals surface area contributed by atoms with E-state index < -0.39 is 0 Å². The molecule has 17 heavy (non-hydrogen) atoms. The van der Waals surface area contributed by atoms with Gasteiger partial charge in [-0.3, -0.25) is 9.58 Å². The van der Waals surface area contributed by atoms with Crippen LogP contribution in [0.5, 0.6) is 0 Å². The first kappa shape index (κ1) is 12.4. The molecule has 0 spiro atoms. The van der Waals surface area contributed by atoms with Crippen molar-refractivity contribution in [2.45, 2.75) is 26.3 Å². The molecule has 0 N–H and O–H groups in total. The maximum atomic E-state index is 8.86. The highest BCUT2D eigenvalue weighted by Crippen LogP contribution is 2.23. The van der Waals surface area contributed by atoms with E-state index in [1.54, 1.807) is 4.68 Å². The largest absolute Gasteiger partial charge is 0.299 e. The second-order valence-corrected chi connectivity index (χ2v) is 5.02. The lowest BCUT2D eigenvalue weighted by Gasteiger charge is -2.28. The highest BCUT2D eigenvalue weighted by molar-refractivity contribution is 6.30. The number of aryl methyl sites for hydroxylation is 2. The van der Waals surface area contributed by atoms with Gasteiger partial charge >= 0.3 is 0 Å². The first-order valence-electron chi connectivity index (χ1n) is 5.91. The number of nitriles is 1. The summed E-state index contributed by atoms with van der Waals surface area (Å²) in [6, 6.07) is 2.35. The van der Waals surface area contributed by atoms with Crippen molar-refractivity contribution in [1.29, 1.82) is 5.26 Å². The number of rotatable bonds is 2. The normalized spacial score (nSPS) is 18.2. The molecule has 1 saturated heterocycles. The minimum atomic E-state index is 0.233. The van der Waals surface area contributed by atoms with E-state index >= 15 is 0 Å². The van der Waals surface area contributed by atoms with Gasteiger partial charge in [0.2, 0.25) is 0 Å². The van der Waals surface area contributed by atoms with Gasteiger partial charge in [0.25, 0.3) is 0 Å². The van der Waals surface area contributed by atoms with E-state index in [4.69, 9.17) is 16.9 Å². The molecule has 0 saturated carbocycles. The Hall–Kier alpha value is -1.05. The molecule has 0 unspecified atom stereocenters. The smallest absolute Gasteiger partial charge is 0.131 e. The summed E-state index contributed by atoms with van der Waals surface area (Å²) in [5, 5.41) is 13.9. The van der Waals surface area contributed by atoms with Crippen LogP contribution in [0.15, 0.2) is 0 Å². The molecule has 0 aromatic carbocycles. The van der Waals surface area contributed by atoms with Crippen molar-refractivity contribution < 1.29 is 0 Å². The lowest BCUT2D eigenvalue weighted by molar-refractivity contribution is 0.198. The number of hydrogen-bond donors (Lipinski definition) is 0. The van der Waals surface area contributed by atoms with Gasteiger partial charge in [0.15, 0.2) is 0 Å². The Morgan fingerprint density at radius 2 is 2.12 bits per heavy atom. The fourth-order valence-corrected chi connectivity index (χ4v) is 2.53. The predicted molar refractivity (Wildman–Crippen MR) is 66.6 cm³/mol. The molecule has 0 aliphatic carbocycles. The van der Waals surface area contributed by atoms with Crippen LogP contribution in [0.2, 0.25) is 5.15 Å². The molecule has 0 amide bonds. The van der Waals surface area contributed by atoms with Crippen LogP contribution in [0.4, 0.5) is 0 Å². The third-order valence-corrected chi connectivity index (χ3v) is 3.89. The van der Waals surface area contributed by atoms with Crippen molar-refractivity contribution in [3.05, 3.63) is 16.4 Å². The highest BCUT2D eigenvalue weighted by Gasteiger charge is 2.21. The third kappa shape index (κ3) is 2.62. The average molecular weight is 253 g/mol. The van der Waals surface area contributed by atoms with Crippen molar-refractivity contribution in [3.8, 4) is 6.07 Å². The van der Waals surface area contributed by atoms with Crippen LogP contribution < -0.4 is 0 Å². The summed E-state index contributed by atoms with van der Waals surface area (Å²) >= 11 is 6.21. The van der Waals surface area contributed by atoms with Crippen LogP contribution >= 0.6 is 11.6 Å². The first-order chi connectivity index (χ1) is 8.11. The molecule has 92 valence electrons. The van der Waals surface area contributed by atoms with Crippen molar-refractivity contribution in [1.82, 2.24) is 14.7 Å². The fourth-order valence-electron chi connectivity index (χ4n) is 2.30. The van der Waals surface area contributed by atoms with Gasteiger partial charge in [0.05, 0.1) is 11.8 Å². The van der Waals surface area contributed by atoms with Gasteiger partial charge < -0.3 is 0 Å². The summed E-state index contributed by atoms with van der Waals surface area (Å²) in [6.45, 7) is 4.78. The van der Waals surface area contributed by atoms with Crippen LogP contribution in [0.1, 0.15) is 24.1 Å². The van der Waals surface area contributed by atoms with E-state index in [0.717, 1.165) is 48.9 Å². The number of likely N-dealkylation sites (tertiary alicyclic amines) is 1. The minimum Gasteiger partial charge on any atom is -0.299 e. The first-order valence-corrected chi connectivity index (χ1v) is 6.29. The zero-order chi connectivity index (χ0) is 12.4. The molecule has 1 fully saturated rings. The predicted octanol–water partition coefficient (Wildman–Crippen LogP) is 2.12. The van der Waals surface area contributed by atoms with Crippen LogP contribution in [0, 0.1) is 24.2 Å². The molecule has 0 atom stereocenters. The fraction of sp³-hybridized carbons (Fsp3) is 0.667. The Bertz CT molecular complexity index is 438. The van der Waals surface area contributed by atoms with E-state index in [1.165, 1.54) is 0 Å². The van der Waals surface area contributed by atoms with E-state index in [-0.39, 0.29) is 5.92 Å². The zero-order valence-corrected chi connectivity index (χ0v) is 11.0. The molecule has 0 bridgehead atoms. The average Bonchev–Trinajstić information content (AvgIpc) is 2.57. The Kier molecular flexibility index (Phi) is 3.70. The topological polar surface area (TPSA) is 44.9 Å². The molecule has 2 heterocycles. The number of nitrogens with zero attached hydrogens (tertiary/aromatic N) is 4. The van der Waals surface area contributed by atoms with Crippen molar-refractivity contribution >= 4 is 11.6 Å². The van der Waals surface area contributed by atoms with Gasteiger partial charge in [-0.25, -0.2) is 0 Å². The standard InChI is InChI=1S/C12H17ClN4/c1-9-11(12(13)16(2)15-9)8-17-5-3-10(7-14)4-6-17/h10H,3-6,8H2,1-2H3. The Labute approximate surface area is 107 Å². The van der Waals surface area contributed by atoms with Crippen molar-refractivity contribution in [3.63, 3.8) is 0 Å². The maximum Gasteiger partial charge on any atom is 0.131 e. The molecule has 1 aromatic rings. The molecule has 5 heteroatoms. The summed E-state index contributed by atoms with van der Waals surface area (Å²) in [7, 11) is 1.86. The van der Waals surface area contributed by atoms with Crippen LogP contribution in [-0.2, 0) is 13.6 Å². The van der Waals surface area contributed by atoms with E-state index in [9.17, 15) is 0 Å². The minimum absolute atomic E-state index is 0.233. The Morgan fingerprint density at radius 3 is 2.59 bits per heavy atom. The summed E-state index contributed by atoms with van der Waals surface area (Å²) in [5.41, 5.74) is 2.12. The number of piperidine rings is 1. The van der Waals surface area contributed by atoms with Crippen molar-refractivity contribution in [2.24, 2.45) is 13.0 Å². The lowest BCUT2D eigenvalue weighted by Crippen LogP contribution is -2.32. The van der Waals surface area contributed by atoms with Crippen LogP contribution in [0.25, 0.3) is 0 Å². The quantitative estimate of drug-likeness (QED) is 0.810. The SMILES string of the molecule is Cc1nn(C)c(Cl)c1CN1CCC(C#N)CC1. The van der Waals surface area contributed by atoms with Gasteiger partial charge in [-0.2, -0.15) is 10.4 Å². The second-order valence-electron chi connectivity index (χ2n) is 4.66. The number of halogens is 1. The number of hydrogen-bond acceptors (Lipinski definition) is 3. The molecular formula is C12H17ClN4. The van der Waals surface area contributed by atoms with Crippen molar-refractivity contribution in [2.75, 3.05) is 13.1 Å². The molecule has 1 aliphatic heterocycles. The Morgan fingerprint density at radius 1 is 1.47 bits per heavy atom. The van der Waals surface area contributed by atoms with Gasteiger partial charge in [-0.05, 0) is 32.9 Å². The highest BCUT2D eigenvalue weighted by atomic mass is 35.5. The summed E-state index contributed by atoms with van der Waals surface area (Å²) in [5.74, 6) is 0.233. The maximum absolute atomic E-state index is 8.86. The summed E-state index contributed by atoms with van der Waals surface area (Å²) in [6.07, 6.45) is 1.93.